The normalized spacial score (nSPS) is 17.9. The van der Waals surface area contributed by atoms with Crippen molar-refractivity contribution in [1.29, 1.82) is 0 Å². The highest BCUT2D eigenvalue weighted by molar-refractivity contribution is 5.79. The molecule has 5 nitrogen and oxygen atoms in total. The number of halogens is 3. The zero-order chi connectivity index (χ0) is 22.0. The minimum atomic E-state index is -4.10. The molecule has 1 atom stereocenters. The first kappa shape index (κ1) is 24.5. The average Bonchev–Trinajstić information content (AvgIpc) is 2.71. The number of hydrogen-bond donors (Lipinski definition) is 2. The summed E-state index contributed by atoms with van der Waals surface area (Å²) in [7, 11) is 3.87. The largest absolute Gasteiger partial charge is 0.401 e. The fraction of sp³-hybridized carbons (Fsp3) is 0.682. The van der Waals surface area contributed by atoms with Gasteiger partial charge in [0, 0.05) is 32.7 Å². The standard InChI is InChI=1S/C22H36F3N5/c1-18(29(3)16-20-7-5-4-6-8-20)15-28-21(26-2)27-12-9-19-10-13-30(14-11-19)17-22(23,24)25/h4-8,18-19H,9-17H2,1-3H3,(H2,26,27,28). The molecule has 1 heterocycles. The molecule has 0 aromatic heterocycles. The van der Waals surface area contributed by atoms with E-state index in [0.29, 0.717) is 25.0 Å². The predicted molar refractivity (Wildman–Crippen MR) is 117 cm³/mol. The lowest BCUT2D eigenvalue weighted by molar-refractivity contribution is -0.148. The third-order valence-corrected chi connectivity index (χ3v) is 5.77. The van der Waals surface area contributed by atoms with E-state index in [0.717, 1.165) is 44.9 Å². The van der Waals surface area contributed by atoms with Crippen LogP contribution in [0.15, 0.2) is 35.3 Å². The lowest BCUT2D eigenvalue weighted by Crippen LogP contribution is -2.45. The molecule has 1 saturated heterocycles. The summed E-state index contributed by atoms with van der Waals surface area (Å²) < 4.78 is 37.4. The van der Waals surface area contributed by atoms with Gasteiger partial charge in [-0.15, -0.1) is 0 Å². The lowest BCUT2D eigenvalue weighted by Gasteiger charge is -2.32. The first-order valence-electron chi connectivity index (χ1n) is 10.7. The number of aliphatic imine (C=N–C) groups is 1. The molecule has 1 aromatic rings. The number of guanidine groups is 1. The monoisotopic (exact) mass is 427 g/mol. The molecule has 1 aliphatic heterocycles. The van der Waals surface area contributed by atoms with Gasteiger partial charge in [-0.2, -0.15) is 13.2 Å². The molecule has 0 aliphatic carbocycles. The zero-order valence-electron chi connectivity index (χ0n) is 18.4. The Bertz CT molecular complexity index is 627. The van der Waals surface area contributed by atoms with Crippen molar-refractivity contribution < 1.29 is 13.2 Å². The molecule has 0 bridgehead atoms. The molecule has 1 unspecified atom stereocenters. The van der Waals surface area contributed by atoms with Crippen molar-refractivity contribution in [2.75, 3.05) is 46.8 Å². The van der Waals surface area contributed by atoms with Gasteiger partial charge < -0.3 is 10.6 Å². The topological polar surface area (TPSA) is 42.9 Å². The maximum Gasteiger partial charge on any atom is 0.401 e. The van der Waals surface area contributed by atoms with Gasteiger partial charge in [-0.25, -0.2) is 0 Å². The highest BCUT2D eigenvalue weighted by atomic mass is 19.4. The van der Waals surface area contributed by atoms with Gasteiger partial charge in [-0.3, -0.25) is 14.8 Å². The van der Waals surface area contributed by atoms with Crippen molar-refractivity contribution in [3.63, 3.8) is 0 Å². The van der Waals surface area contributed by atoms with Gasteiger partial charge in [0.2, 0.25) is 0 Å². The van der Waals surface area contributed by atoms with E-state index in [1.807, 2.05) is 6.07 Å². The average molecular weight is 428 g/mol. The molecule has 8 heteroatoms. The van der Waals surface area contributed by atoms with Crippen LogP contribution in [0.5, 0.6) is 0 Å². The molecule has 0 radical (unpaired) electrons. The maximum atomic E-state index is 12.5. The number of hydrogen-bond acceptors (Lipinski definition) is 3. The number of rotatable bonds is 9. The second kappa shape index (κ2) is 12.2. The summed E-state index contributed by atoms with van der Waals surface area (Å²) in [5.41, 5.74) is 1.29. The molecular formula is C22H36F3N5. The number of benzene rings is 1. The van der Waals surface area contributed by atoms with Gasteiger partial charge in [0.05, 0.1) is 6.54 Å². The molecule has 0 amide bonds. The highest BCUT2D eigenvalue weighted by Crippen LogP contribution is 2.23. The van der Waals surface area contributed by atoms with Crippen LogP contribution in [0.25, 0.3) is 0 Å². The molecule has 30 heavy (non-hydrogen) atoms. The molecule has 0 saturated carbocycles. The third-order valence-electron chi connectivity index (χ3n) is 5.77. The summed E-state index contributed by atoms with van der Waals surface area (Å²) in [6, 6.07) is 10.7. The van der Waals surface area contributed by atoms with Gasteiger partial charge in [-0.1, -0.05) is 30.3 Å². The molecule has 1 aromatic carbocycles. The summed E-state index contributed by atoms with van der Waals surface area (Å²) in [5.74, 6) is 1.24. The van der Waals surface area contributed by atoms with Gasteiger partial charge in [0.1, 0.15) is 0 Å². The Morgan fingerprint density at radius 2 is 1.87 bits per heavy atom. The van der Waals surface area contributed by atoms with Gasteiger partial charge >= 0.3 is 6.18 Å². The van der Waals surface area contributed by atoms with Gasteiger partial charge in [-0.05, 0) is 57.8 Å². The van der Waals surface area contributed by atoms with Crippen LogP contribution >= 0.6 is 0 Å². The molecule has 2 N–H and O–H groups in total. The van der Waals surface area contributed by atoms with E-state index in [2.05, 4.69) is 58.8 Å². The number of piperidine rings is 1. The zero-order valence-corrected chi connectivity index (χ0v) is 18.4. The van der Waals surface area contributed by atoms with E-state index >= 15 is 0 Å². The SMILES string of the molecule is CN=C(NCCC1CCN(CC(F)(F)F)CC1)NCC(C)N(C)Cc1ccccc1. The number of nitrogens with zero attached hydrogens (tertiary/aromatic N) is 3. The van der Waals surface area contributed by atoms with Gasteiger partial charge in [0.25, 0.3) is 0 Å². The molecule has 1 fully saturated rings. The van der Waals surface area contributed by atoms with Crippen LogP contribution < -0.4 is 10.6 Å². The number of nitrogens with one attached hydrogen (secondary N) is 2. The molecule has 0 spiro atoms. The Hall–Kier alpha value is -1.80. The maximum absolute atomic E-state index is 12.5. The van der Waals surface area contributed by atoms with E-state index in [1.54, 1.807) is 7.05 Å². The third kappa shape index (κ3) is 9.34. The molecule has 170 valence electrons. The van der Waals surface area contributed by atoms with E-state index < -0.39 is 12.7 Å². The van der Waals surface area contributed by atoms with Crippen LogP contribution in [0.3, 0.4) is 0 Å². The van der Waals surface area contributed by atoms with Crippen molar-refractivity contribution in [2.24, 2.45) is 10.9 Å². The molecular weight excluding hydrogens is 391 g/mol. The number of likely N-dealkylation sites (tertiary alicyclic amines) is 1. The summed E-state index contributed by atoms with van der Waals surface area (Å²) in [4.78, 5) is 8.09. The summed E-state index contributed by atoms with van der Waals surface area (Å²) >= 11 is 0. The summed E-state index contributed by atoms with van der Waals surface area (Å²) in [6.45, 7) is 4.90. The fourth-order valence-corrected chi connectivity index (χ4v) is 3.73. The summed E-state index contributed by atoms with van der Waals surface area (Å²) in [5, 5.41) is 6.71. The number of likely N-dealkylation sites (N-methyl/N-ethyl adjacent to an activating group) is 1. The Balaban J connectivity index is 1.62. The van der Waals surface area contributed by atoms with Crippen molar-refractivity contribution in [3.05, 3.63) is 35.9 Å². The second-order valence-corrected chi connectivity index (χ2v) is 8.25. The van der Waals surface area contributed by atoms with Crippen molar-refractivity contribution in [3.8, 4) is 0 Å². The van der Waals surface area contributed by atoms with Crippen LogP contribution in [0.2, 0.25) is 0 Å². The van der Waals surface area contributed by atoms with Crippen LogP contribution in [0.1, 0.15) is 31.7 Å². The van der Waals surface area contributed by atoms with Crippen LogP contribution in [-0.2, 0) is 6.54 Å². The Morgan fingerprint density at radius 3 is 2.47 bits per heavy atom. The first-order valence-corrected chi connectivity index (χ1v) is 10.7. The van der Waals surface area contributed by atoms with Crippen molar-refractivity contribution >= 4 is 5.96 Å². The van der Waals surface area contributed by atoms with Crippen molar-refractivity contribution in [2.45, 2.75) is 44.9 Å². The fourth-order valence-electron chi connectivity index (χ4n) is 3.73. The van der Waals surface area contributed by atoms with Crippen LogP contribution in [0, 0.1) is 5.92 Å². The van der Waals surface area contributed by atoms with Crippen LogP contribution in [0.4, 0.5) is 13.2 Å². The Morgan fingerprint density at radius 1 is 1.20 bits per heavy atom. The Labute approximate surface area is 178 Å². The minimum Gasteiger partial charge on any atom is -0.356 e. The smallest absolute Gasteiger partial charge is 0.356 e. The van der Waals surface area contributed by atoms with Gasteiger partial charge in [0.15, 0.2) is 5.96 Å². The van der Waals surface area contributed by atoms with E-state index in [9.17, 15) is 13.2 Å². The first-order chi connectivity index (χ1) is 14.3. The second-order valence-electron chi connectivity index (χ2n) is 8.25. The quantitative estimate of drug-likeness (QED) is 0.469. The van der Waals surface area contributed by atoms with E-state index in [4.69, 9.17) is 0 Å². The lowest BCUT2D eigenvalue weighted by atomic mass is 9.93. The molecule has 1 aliphatic rings. The number of alkyl halides is 3. The van der Waals surface area contributed by atoms with Crippen molar-refractivity contribution in [1.82, 2.24) is 20.4 Å². The van der Waals surface area contributed by atoms with E-state index in [1.165, 1.54) is 10.5 Å². The van der Waals surface area contributed by atoms with Crippen LogP contribution in [-0.4, -0.2) is 74.8 Å². The van der Waals surface area contributed by atoms with E-state index in [-0.39, 0.29) is 0 Å². The Kier molecular flexibility index (Phi) is 9.91. The molecule has 2 rings (SSSR count). The highest BCUT2D eigenvalue weighted by Gasteiger charge is 2.32. The minimum absolute atomic E-state index is 0.335. The summed E-state index contributed by atoms with van der Waals surface area (Å²) in [6.07, 6.45) is -1.50. The predicted octanol–water partition coefficient (Wildman–Crippen LogP) is 3.34.